The lowest BCUT2D eigenvalue weighted by Crippen LogP contribution is -2.60. The number of aryl methyl sites for hydroxylation is 1. The quantitative estimate of drug-likeness (QED) is 0.196. The van der Waals surface area contributed by atoms with E-state index in [-0.39, 0.29) is 33.8 Å². The molecule has 1 aliphatic heterocycles. The van der Waals surface area contributed by atoms with Crippen molar-refractivity contribution >= 4 is 23.5 Å². The van der Waals surface area contributed by atoms with Gasteiger partial charge in [-0.1, -0.05) is 0 Å². The number of aliphatic hydroxyl groups excluding tert-OH is 3. The maximum atomic E-state index is 13.4. The number of ketones is 2. The van der Waals surface area contributed by atoms with Gasteiger partial charge in [0.1, 0.15) is 54.7 Å². The van der Waals surface area contributed by atoms with Crippen LogP contribution in [0.15, 0.2) is 24.3 Å². The molecule has 2 aromatic rings. The molecule has 202 valence electrons. The SMILES string of the molecule is COc1cc(O)c2c(c1)C(=O)c1cc(C)cc(O[C@@H]3O[C@H](COC(=O)CC(=O)O)[C@@H](O)[C@H](O)[C@H]3O)c1C2=O. The zero-order chi connectivity index (χ0) is 27.9. The fourth-order valence-corrected chi connectivity index (χ4v) is 4.29. The van der Waals surface area contributed by atoms with E-state index in [0.717, 1.165) is 0 Å². The monoisotopic (exact) mass is 532 g/mol. The molecule has 0 saturated carbocycles. The predicted molar refractivity (Wildman–Crippen MR) is 123 cm³/mol. The Hall–Kier alpha value is -4.04. The minimum atomic E-state index is -1.84. The van der Waals surface area contributed by atoms with Crippen LogP contribution in [-0.4, -0.2) is 93.5 Å². The highest BCUT2D eigenvalue weighted by molar-refractivity contribution is 6.30. The number of esters is 1. The summed E-state index contributed by atoms with van der Waals surface area (Å²) in [6, 6.07) is 5.32. The molecule has 0 radical (unpaired) electrons. The Labute approximate surface area is 214 Å². The normalized spacial score (nSPS) is 24.3. The average molecular weight is 532 g/mol. The van der Waals surface area contributed by atoms with Crippen LogP contribution in [-0.2, 0) is 19.1 Å². The highest BCUT2D eigenvalue weighted by Crippen LogP contribution is 2.40. The molecule has 13 nitrogen and oxygen atoms in total. The number of carboxylic acids is 1. The number of phenols is 1. The number of rotatable bonds is 7. The van der Waals surface area contributed by atoms with E-state index >= 15 is 0 Å². The third kappa shape index (κ3) is 4.91. The van der Waals surface area contributed by atoms with Gasteiger partial charge in [-0.15, -0.1) is 0 Å². The van der Waals surface area contributed by atoms with Gasteiger partial charge in [0.25, 0.3) is 0 Å². The van der Waals surface area contributed by atoms with Gasteiger partial charge < -0.3 is 44.5 Å². The Bertz CT molecular complexity index is 1320. The fraction of sp³-hybridized carbons (Fsp3) is 0.360. The summed E-state index contributed by atoms with van der Waals surface area (Å²) in [6.07, 6.45) is -9.52. The number of aromatic hydroxyl groups is 1. The number of ether oxygens (including phenoxy) is 4. The van der Waals surface area contributed by atoms with Gasteiger partial charge in [-0.05, 0) is 30.7 Å². The number of hydrogen-bond acceptors (Lipinski definition) is 12. The van der Waals surface area contributed by atoms with Crippen molar-refractivity contribution in [2.24, 2.45) is 0 Å². The van der Waals surface area contributed by atoms with Gasteiger partial charge >= 0.3 is 11.9 Å². The van der Waals surface area contributed by atoms with Gasteiger partial charge in [0, 0.05) is 17.2 Å². The average Bonchev–Trinajstić information content (AvgIpc) is 2.85. The van der Waals surface area contributed by atoms with E-state index in [1.807, 2.05) is 0 Å². The van der Waals surface area contributed by atoms with Crippen molar-refractivity contribution < 1.29 is 63.7 Å². The molecule has 0 bridgehead atoms. The van der Waals surface area contributed by atoms with E-state index in [1.54, 1.807) is 6.92 Å². The molecule has 38 heavy (non-hydrogen) atoms. The number of aliphatic carboxylic acids is 1. The van der Waals surface area contributed by atoms with Crippen molar-refractivity contribution in [2.45, 2.75) is 44.1 Å². The molecule has 1 heterocycles. The molecular formula is C25H24O13. The summed E-state index contributed by atoms with van der Waals surface area (Å²) in [7, 11) is 1.33. The van der Waals surface area contributed by atoms with Crippen molar-refractivity contribution in [1.82, 2.24) is 0 Å². The number of hydrogen-bond donors (Lipinski definition) is 5. The second-order valence-electron chi connectivity index (χ2n) is 8.80. The Balaban J connectivity index is 1.66. The first-order valence-corrected chi connectivity index (χ1v) is 11.3. The van der Waals surface area contributed by atoms with Crippen molar-refractivity contribution in [3.8, 4) is 17.2 Å². The van der Waals surface area contributed by atoms with Crippen LogP contribution in [0.25, 0.3) is 0 Å². The zero-order valence-electron chi connectivity index (χ0n) is 20.1. The van der Waals surface area contributed by atoms with Crippen LogP contribution in [0.5, 0.6) is 17.2 Å². The smallest absolute Gasteiger partial charge is 0.317 e. The molecule has 5 atom stereocenters. The number of methoxy groups -OCH3 is 1. The van der Waals surface area contributed by atoms with Gasteiger partial charge in [0.2, 0.25) is 12.1 Å². The van der Waals surface area contributed by atoms with Gasteiger partial charge in [-0.2, -0.15) is 0 Å². The highest BCUT2D eigenvalue weighted by Gasteiger charge is 2.46. The number of carbonyl (C=O) groups is 4. The molecule has 13 heteroatoms. The lowest BCUT2D eigenvalue weighted by Gasteiger charge is -2.40. The Morgan fingerprint density at radius 3 is 2.29 bits per heavy atom. The summed E-state index contributed by atoms with van der Waals surface area (Å²) in [6.45, 7) is 0.939. The molecule has 1 aliphatic carbocycles. The summed E-state index contributed by atoms with van der Waals surface area (Å²) >= 11 is 0. The standard InChI is InChI=1S/C25H24O13/c1-9-3-11-19(22(32)18-12(20(11)30)5-10(35-2)6-13(18)26)14(4-9)37-25-24(34)23(33)21(31)15(38-25)8-36-17(29)7-16(27)28/h3-6,15,21,23-26,31,33-34H,7-8H2,1-2H3,(H,27,28)/t15-,21-,23+,24-,25-/m1/s1. The third-order valence-electron chi connectivity index (χ3n) is 6.13. The molecule has 0 aromatic heterocycles. The Morgan fingerprint density at radius 1 is 0.947 bits per heavy atom. The van der Waals surface area contributed by atoms with Gasteiger partial charge in [-0.3, -0.25) is 19.2 Å². The summed E-state index contributed by atoms with van der Waals surface area (Å²) in [5, 5.41) is 50.2. The van der Waals surface area contributed by atoms with E-state index in [2.05, 4.69) is 0 Å². The largest absolute Gasteiger partial charge is 0.507 e. The number of aliphatic hydroxyl groups is 3. The van der Waals surface area contributed by atoms with Crippen LogP contribution in [0.1, 0.15) is 43.8 Å². The Morgan fingerprint density at radius 2 is 1.63 bits per heavy atom. The molecule has 2 aromatic carbocycles. The zero-order valence-corrected chi connectivity index (χ0v) is 20.1. The summed E-state index contributed by atoms with van der Waals surface area (Å²) in [4.78, 5) is 49.0. The van der Waals surface area contributed by atoms with Gasteiger partial charge in [0.05, 0.1) is 18.2 Å². The number of carbonyl (C=O) groups excluding carboxylic acids is 3. The highest BCUT2D eigenvalue weighted by atomic mass is 16.7. The van der Waals surface area contributed by atoms with Crippen LogP contribution >= 0.6 is 0 Å². The van der Waals surface area contributed by atoms with E-state index in [1.165, 1.54) is 31.4 Å². The molecular weight excluding hydrogens is 508 g/mol. The minimum absolute atomic E-state index is 0.0461. The summed E-state index contributed by atoms with van der Waals surface area (Å²) < 4.78 is 21.1. The molecule has 0 unspecified atom stereocenters. The molecule has 0 amide bonds. The van der Waals surface area contributed by atoms with E-state index in [9.17, 15) is 39.6 Å². The van der Waals surface area contributed by atoms with E-state index in [4.69, 9.17) is 24.1 Å². The molecule has 1 fully saturated rings. The fourth-order valence-electron chi connectivity index (χ4n) is 4.29. The molecule has 1 saturated heterocycles. The number of carboxylic acid groups (broad SMARTS) is 1. The topological polar surface area (TPSA) is 206 Å². The molecule has 5 N–H and O–H groups in total. The van der Waals surface area contributed by atoms with Crippen LogP contribution in [0, 0.1) is 6.92 Å². The minimum Gasteiger partial charge on any atom is -0.507 e. The van der Waals surface area contributed by atoms with Gasteiger partial charge in [-0.25, -0.2) is 0 Å². The first-order chi connectivity index (χ1) is 17.9. The third-order valence-corrected chi connectivity index (χ3v) is 6.13. The predicted octanol–water partition coefficient (Wildman–Crippen LogP) is -0.311. The maximum absolute atomic E-state index is 13.4. The number of benzene rings is 2. The Kier molecular flexibility index (Phi) is 7.37. The lowest BCUT2D eigenvalue weighted by molar-refractivity contribution is -0.278. The number of phenolic OH excluding ortho intramolecular Hbond substituents is 1. The molecule has 0 spiro atoms. The first kappa shape index (κ1) is 27.0. The summed E-state index contributed by atoms with van der Waals surface area (Å²) in [5.41, 5.74) is -0.141. The first-order valence-electron chi connectivity index (χ1n) is 11.3. The van der Waals surface area contributed by atoms with E-state index < -0.39 is 73.0 Å². The van der Waals surface area contributed by atoms with Crippen molar-refractivity contribution in [1.29, 1.82) is 0 Å². The van der Waals surface area contributed by atoms with Crippen molar-refractivity contribution in [2.75, 3.05) is 13.7 Å². The van der Waals surface area contributed by atoms with Crippen molar-refractivity contribution in [3.63, 3.8) is 0 Å². The van der Waals surface area contributed by atoms with Gasteiger partial charge in [0.15, 0.2) is 5.78 Å². The maximum Gasteiger partial charge on any atom is 0.317 e. The van der Waals surface area contributed by atoms with Crippen LogP contribution in [0.2, 0.25) is 0 Å². The second kappa shape index (κ2) is 10.4. The second-order valence-corrected chi connectivity index (χ2v) is 8.80. The molecule has 4 rings (SSSR count). The lowest BCUT2D eigenvalue weighted by atomic mass is 9.82. The van der Waals surface area contributed by atoms with Crippen LogP contribution in [0.3, 0.4) is 0 Å². The van der Waals surface area contributed by atoms with Crippen molar-refractivity contribution in [3.05, 3.63) is 52.1 Å². The number of fused-ring (bicyclic) bond motifs is 2. The van der Waals surface area contributed by atoms with E-state index in [0.29, 0.717) is 5.56 Å². The van der Waals surface area contributed by atoms with Crippen LogP contribution < -0.4 is 9.47 Å². The summed E-state index contributed by atoms with van der Waals surface area (Å²) in [5.74, 6) is -4.46. The molecule has 2 aliphatic rings. The van der Waals surface area contributed by atoms with Crippen LogP contribution in [0.4, 0.5) is 0 Å².